The molecule has 0 unspecified atom stereocenters. The highest BCUT2D eigenvalue weighted by Crippen LogP contribution is 2.37. The molecule has 24 heavy (non-hydrogen) atoms. The molecule has 0 atom stereocenters. The molecular weight excluding hydrogens is 333 g/mol. The zero-order valence-electron chi connectivity index (χ0n) is 13.1. The Morgan fingerprint density at radius 3 is 2.71 bits per heavy atom. The van der Waals surface area contributed by atoms with Crippen LogP contribution < -0.4 is 4.74 Å². The fraction of sp³-hybridized carbons (Fsp3) is 0.167. The van der Waals surface area contributed by atoms with Gasteiger partial charge in [-0.1, -0.05) is 17.7 Å². The van der Waals surface area contributed by atoms with Crippen LogP contribution in [-0.4, -0.2) is 23.2 Å². The summed E-state index contributed by atoms with van der Waals surface area (Å²) < 4.78 is 19.0. The van der Waals surface area contributed by atoms with Gasteiger partial charge in [0.15, 0.2) is 11.6 Å². The van der Waals surface area contributed by atoms with Gasteiger partial charge in [-0.15, -0.1) is 0 Å². The van der Waals surface area contributed by atoms with Crippen LogP contribution in [0.4, 0.5) is 4.39 Å². The highest BCUT2D eigenvalue weighted by molar-refractivity contribution is 6.36. The van der Waals surface area contributed by atoms with Crippen LogP contribution in [0.2, 0.25) is 5.02 Å². The van der Waals surface area contributed by atoms with Crippen LogP contribution >= 0.6 is 11.6 Å². The molecule has 0 fully saturated rings. The van der Waals surface area contributed by atoms with Crippen molar-refractivity contribution in [2.45, 2.75) is 13.3 Å². The van der Waals surface area contributed by atoms with Crippen molar-refractivity contribution in [3.8, 4) is 17.0 Å². The van der Waals surface area contributed by atoms with Crippen LogP contribution in [0, 0.1) is 12.7 Å². The lowest BCUT2D eigenvalue weighted by atomic mass is 10.0. The van der Waals surface area contributed by atoms with Crippen LogP contribution in [0.3, 0.4) is 0 Å². The summed E-state index contributed by atoms with van der Waals surface area (Å²) in [4.78, 5) is 14.5. The summed E-state index contributed by atoms with van der Waals surface area (Å²) in [5.41, 5.74) is 3.31. The maximum Gasteiger partial charge on any atom is 0.307 e. The van der Waals surface area contributed by atoms with Crippen LogP contribution in [0.25, 0.3) is 22.2 Å². The van der Waals surface area contributed by atoms with E-state index in [2.05, 4.69) is 4.98 Å². The van der Waals surface area contributed by atoms with Crippen molar-refractivity contribution >= 4 is 28.5 Å². The Balaban J connectivity index is 2.31. The number of aliphatic carboxylic acids is 1. The molecule has 0 spiro atoms. The molecule has 0 saturated heterocycles. The number of carbonyl (C=O) groups is 1. The molecule has 0 saturated carbocycles. The van der Waals surface area contributed by atoms with Crippen molar-refractivity contribution in [3.63, 3.8) is 0 Å². The first-order valence-corrected chi connectivity index (χ1v) is 7.65. The molecule has 3 aromatic rings. The molecule has 0 aliphatic rings. The third-order valence-corrected chi connectivity index (χ3v) is 4.30. The van der Waals surface area contributed by atoms with E-state index >= 15 is 0 Å². The molecule has 0 radical (unpaired) electrons. The fourth-order valence-corrected chi connectivity index (χ4v) is 3.13. The Kier molecular flexibility index (Phi) is 4.20. The van der Waals surface area contributed by atoms with Crippen molar-refractivity contribution in [3.05, 3.63) is 52.3 Å². The highest BCUT2D eigenvalue weighted by Gasteiger charge is 2.20. The summed E-state index contributed by atoms with van der Waals surface area (Å²) >= 11 is 6.29. The quantitative estimate of drug-likeness (QED) is 0.726. The number of nitrogens with one attached hydrogen (secondary N) is 1. The Morgan fingerprint density at radius 1 is 1.33 bits per heavy atom. The number of benzene rings is 2. The lowest BCUT2D eigenvalue weighted by Gasteiger charge is -2.06. The van der Waals surface area contributed by atoms with E-state index in [1.165, 1.54) is 19.2 Å². The Bertz CT molecular complexity index is 949. The van der Waals surface area contributed by atoms with Crippen LogP contribution in [0.5, 0.6) is 5.75 Å². The number of aromatic amines is 1. The maximum absolute atomic E-state index is 14.1. The number of H-pyrrole nitrogens is 1. The second kappa shape index (κ2) is 6.17. The van der Waals surface area contributed by atoms with E-state index in [0.29, 0.717) is 27.2 Å². The molecule has 0 amide bonds. The molecule has 1 aromatic heterocycles. The lowest BCUT2D eigenvalue weighted by molar-refractivity contribution is -0.136. The van der Waals surface area contributed by atoms with E-state index in [9.17, 15) is 14.3 Å². The van der Waals surface area contributed by atoms with Crippen molar-refractivity contribution < 1.29 is 19.0 Å². The molecule has 0 aliphatic heterocycles. The number of halogens is 2. The number of hydrogen-bond donors (Lipinski definition) is 2. The topological polar surface area (TPSA) is 62.3 Å². The summed E-state index contributed by atoms with van der Waals surface area (Å²) in [6, 6.07) is 8.09. The maximum atomic E-state index is 14.1. The molecule has 2 aromatic carbocycles. The van der Waals surface area contributed by atoms with E-state index in [1.807, 2.05) is 13.0 Å². The van der Waals surface area contributed by atoms with Gasteiger partial charge >= 0.3 is 5.97 Å². The van der Waals surface area contributed by atoms with Gasteiger partial charge in [0.05, 0.1) is 29.8 Å². The molecule has 6 heteroatoms. The smallest absolute Gasteiger partial charge is 0.307 e. The van der Waals surface area contributed by atoms with Crippen molar-refractivity contribution in [1.82, 2.24) is 4.98 Å². The summed E-state index contributed by atoms with van der Waals surface area (Å²) in [5, 5.41) is 10.4. The molecular formula is C18H15ClFNO3. The van der Waals surface area contributed by atoms with E-state index in [-0.39, 0.29) is 12.2 Å². The molecule has 0 bridgehead atoms. The van der Waals surface area contributed by atoms with Crippen LogP contribution in [0.15, 0.2) is 30.3 Å². The third kappa shape index (κ3) is 2.71. The molecule has 1 heterocycles. The molecule has 0 aliphatic carbocycles. The van der Waals surface area contributed by atoms with Gasteiger partial charge in [0, 0.05) is 10.9 Å². The number of carboxylic acids is 1. The van der Waals surface area contributed by atoms with Gasteiger partial charge < -0.3 is 14.8 Å². The molecule has 2 N–H and O–H groups in total. The van der Waals surface area contributed by atoms with Crippen molar-refractivity contribution in [2.75, 3.05) is 7.11 Å². The summed E-state index contributed by atoms with van der Waals surface area (Å²) in [6.45, 7) is 1.90. The number of aromatic nitrogens is 1. The summed E-state index contributed by atoms with van der Waals surface area (Å²) in [7, 11) is 1.39. The van der Waals surface area contributed by atoms with Gasteiger partial charge in [-0.05, 0) is 42.3 Å². The number of fused-ring (bicyclic) bond motifs is 1. The average molecular weight is 348 g/mol. The zero-order valence-corrected chi connectivity index (χ0v) is 13.9. The van der Waals surface area contributed by atoms with Gasteiger partial charge in [0.2, 0.25) is 0 Å². The number of aryl methyl sites for hydroxylation is 1. The highest BCUT2D eigenvalue weighted by atomic mass is 35.5. The minimum Gasteiger partial charge on any atom is -0.494 e. The third-order valence-electron chi connectivity index (χ3n) is 3.98. The fourth-order valence-electron chi connectivity index (χ4n) is 2.86. The van der Waals surface area contributed by atoms with Gasteiger partial charge in [-0.25, -0.2) is 4.39 Å². The Morgan fingerprint density at radius 2 is 2.08 bits per heavy atom. The second-order valence-electron chi connectivity index (χ2n) is 5.51. The number of rotatable bonds is 4. The molecule has 124 valence electrons. The predicted molar refractivity (Wildman–Crippen MR) is 91.3 cm³/mol. The van der Waals surface area contributed by atoms with Gasteiger partial charge in [0.25, 0.3) is 0 Å². The number of carboxylic acid groups (broad SMARTS) is 1. The number of methoxy groups -OCH3 is 1. The minimum atomic E-state index is -0.983. The van der Waals surface area contributed by atoms with Crippen molar-refractivity contribution in [2.24, 2.45) is 0 Å². The summed E-state index contributed by atoms with van der Waals surface area (Å²) in [5.74, 6) is -1.37. The van der Waals surface area contributed by atoms with Crippen molar-refractivity contribution in [1.29, 1.82) is 0 Å². The van der Waals surface area contributed by atoms with E-state index in [0.717, 1.165) is 11.1 Å². The van der Waals surface area contributed by atoms with Gasteiger partial charge in [-0.3, -0.25) is 4.79 Å². The first kappa shape index (κ1) is 16.3. The lowest BCUT2D eigenvalue weighted by Crippen LogP contribution is -2.01. The normalized spacial score (nSPS) is 11.0. The Hall–Kier alpha value is -2.53. The van der Waals surface area contributed by atoms with E-state index < -0.39 is 11.8 Å². The first-order valence-electron chi connectivity index (χ1n) is 7.27. The SMILES string of the molecule is COc1ccc(-c2[nH]c3c(C)ccc(Cl)c3c2CC(=O)O)cc1F. The van der Waals surface area contributed by atoms with E-state index in [4.69, 9.17) is 16.3 Å². The van der Waals surface area contributed by atoms with Crippen LogP contribution in [0.1, 0.15) is 11.1 Å². The van der Waals surface area contributed by atoms with Crippen LogP contribution in [-0.2, 0) is 11.2 Å². The zero-order chi connectivity index (χ0) is 17.4. The first-order chi connectivity index (χ1) is 11.4. The molecule has 3 rings (SSSR count). The van der Waals surface area contributed by atoms with E-state index in [1.54, 1.807) is 12.1 Å². The standard InChI is InChI=1S/C18H15ClFNO3/c1-9-3-5-12(19)16-11(8-15(22)23)18(21-17(9)16)10-4-6-14(24-2)13(20)7-10/h3-7,21H,8H2,1-2H3,(H,22,23). The number of hydrogen-bond acceptors (Lipinski definition) is 2. The van der Waals surface area contributed by atoms with Gasteiger partial charge in [0.1, 0.15) is 0 Å². The number of ether oxygens (including phenoxy) is 1. The minimum absolute atomic E-state index is 0.129. The molecule has 4 nitrogen and oxygen atoms in total. The predicted octanol–water partition coefficient (Wildman–Crippen LogP) is 4.57. The summed E-state index contributed by atoms with van der Waals surface area (Å²) in [6.07, 6.45) is -0.216. The second-order valence-corrected chi connectivity index (χ2v) is 5.92. The largest absolute Gasteiger partial charge is 0.494 e. The Labute approximate surface area is 142 Å². The average Bonchev–Trinajstić information content (AvgIpc) is 2.91. The van der Waals surface area contributed by atoms with Gasteiger partial charge in [-0.2, -0.15) is 0 Å². The monoisotopic (exact) mass is 347 g/mol.